The van der Waals surface area contributed by atoms with Crippen LogP contribution in [0.3, 0.4) is 0 Å². The van der Waals surface area contributed by atoms with Crippen molar-refractivity contribution in [2.45, 2.75) is 38.4 Å². The summed E-state index contributed by atoms with van der Waals surface area (Å²) < 4.78 is 25.8. The van der Waals surface area contributed by atoms with E-state index in [1.165, 1.54) is 19.5 Å². The second-order valence-electron chi connectivity index (χ2n) is 7.21. The summed E-state index contributed by atoms with van der Waals surface area (Å²) >= 11 is 6.93. The molecule has 1 aliphatic carbocycles. The van der Waals surface area contributed by atoms with Gasteiger partial charge in [-0.1, -0.05) is 16.7 Å². The van der Waals surface area contributed by atoms with E-state index in [-0.39, 0.29) is 50.1 Å². The highest BCUT2D eigenvalue weighted by atomic mass is 35.5. The smallest absolute Gasteiger partial charge is 0.296 e. The van der Waals surface area contributed by atoms with Gasteiger partial charge in [-0.3, -0.25) is 15.1 Å². The summed E-state index contributed by atoms with van der Waals surface area (Å²) in [6.07, 6.45) is 4.04. The van der Waals surface area contributed by atoms with Gasteiger partial charge in [0.25, 0.3) is 11.1 Å². The van der Waals surface area contributed by atoms with E-state index < -0.39 is 11.7 Å². The molecular formula is C20H19ClFN5O4S. The molecule has 2 N–H and O–H groups in total. The maximum Gasteiger partial charge on any atom is 0.296 e. The van der Waals surface area contributed by atoms with Crippen LogP contribution in [0, 0.1) is 12.7 Å². The number of hydrogen-bond donors (Lipinski definition) is 2. The number of pyridine rings is 2. The zero-order valence-electron chi connectivity index (χ0n) is 17.1. The number of aryl methyl sites for hydroxylation is 1. The second-order valence-corrected chi connectivity index (χ2v) is 8.51. The van der Waals surface area contributed by atoms with E-state index in [2.05, 4.69) is 25.5 Å². The predicted molar refractivity (Wildman–Crippen MR) is 116 cm³/mol. The van der Waals surface area contributed by atoms with Crippen molar-refractivity contribution >= 4 is 34.0 Å². The number of carbonyl (C=O) groups is 1. The summed E-state index contributed by atoms with van der Waals surface area (Å²) in [6, 6.07) is 1.56. The van der Waals surface area contributed by atoms with Gasteiger partial charge in [0.05, 0.1) is 30.5 Å². The summed E-state index contributed by atoms with van der Waals surface area (Å²) in [4.78, 5) is 20.9. The van der Waals surface area contributed by atoms with Crippen LogP contribution in [0.25, 0.3) is 11.1 Å². The lowest BCUT2D eigenvalue weighted by Gasteiger charge is -2.14. The van der Waals surface area contributed by atoms with Crippen molar-refractivity contribution in [1.82, 2.24) is 20.2 Å². The SMILES string of the molecule is COc1cnc(Cl)c(F)c1-c1cc(C)ncc1C(=O)Nc1nnc(O[C@H]2CC[C@@H](O)C2)s1. The van der Waals surface area contributed by atoms with Crippen LogP contribution >= 0.6 is 22.9 Å². The first-order valence-corrected chi connectivity index (χ1v) is 10.9. The van der Waals surface area contributed by atoms with Crippen LogP contribution in [0.2, 0.25) is 5.15 Å². The van der Waals surface area contributed by atoms with Crippen LogP contribution in [-0.4, -0.2) is 50.5 Å². The van der Waals surface area contributed by atoms with Crippen molar-refractivity contribution in [1.29, 1.82) is 0 Å². The number of methoxy groups -OCH3 is 1. The van der Waals surface area contributed by atoms with E-state index in [0.717, 1.165) is 17.8 Å². The summed E-state index contributed by atoms with van der Waals surface area (Å²) in [5.74, 6) is -1.26. The fourth-order valence-electron chi connectivity index (χ4n) is 3.44. The normalized spacial score (nSPS) is 17.9. The quantitative estimate of drug-likeness (QED) is 0.514. The van der Waals surface area contributed by atoms with E-state index in [1.54, 1.807) is 13.0 Å². The minimum atomic E-state index is -0.809. The number of ether oxygens (including phenoxy) is 2. The number of anilines is 1. The molecule has 3 aromatic rings. The van der Waals surface area contributed by atoms with Crippen LogP contribution in [0.1, 0.15) is 35.3 Å². The molecule has 0 bridgehead atoms. The van der Waals surface area contributed by atoms with Gasteiger partial charge in [0, 0.05) is 23.9 Å². The largest absolute Gasteiger partial charge is 0.494 e. The molecule has 0 radical (unpaired) electrons. The lowest BCUT2D eigenvalue weighted by molar-refractivity contribution is 0.102. The predicted octanol–water partition coefficient (Wildman–Crippen LogP) is 3.65. The maximum absolute atomic E-state index is 14.9. The number of amides is 1. The third-order valence-corrected chi connectivity index (χ3v) is 5.96. The van der Waals surface area contributed by atoms with Gasteiger partial charge in [-0.05, 0) is 37.2 Å². The monoisotopic (exact) mass is 479 g/mol. The second kappa shape index (κ2) is 9.31. The van der Waals surface area contributed by atoms with Gasteiger partial charge in [0.15, 0.2) is 11.0 Å². The number of carbonyl (C=O) groups excluding carboxylic acids is 1. The van der Waals surface area contributed by atoms with Gasteiger partial charge in [0.1, 0.15) is 11.9 Å². The Morgan fingerprint density at radius 2 is 2.12 bits per heavy atom. The van der Waals surface area contributed by atoms with Gasteiger partial charge in [-0.15, -0.1) is 5.10 Å². The Morgan fingerprint density at radius 1 is 1.31 bits per heavy atom. The number of nitrogens with zero attached hydrogens (tertiary/aromatic N) is 4. The van der Waals surface area contributed by atoms with Crippen molar-refractivity contribution in [2.75, 3.05) is 12.4 Å². The van der Waals surface area contributed by atoms with Gasteiger partial charge in [-0.25, -0.2) is 9.37 Å². The van der Waals surface area contributed by atoms with Crippen molar-refractivity contribution in [3.05, 3.63) is 40.7 Å². The Bertz CT molecular complexity index is 1160. The average Bonchev–Trinajstić information content (AvgIpc) is 3.38. The molecule has 1 saturated carbocycles. The fraction of sp³-hybridized carbons (Fsp3) is 0.350. The van der Waals surface area contributed by atoms with Crippen LogP contribution < -0.4 is 14.8 Å². The van der Waals surface area contributed by atoms with Crippen LogP contribution in [0.5, 0.6) is 10.9 Å². The first-order chi connectivity index (χ1) is 15.4. The van der Waals surface area contributed by atoms with Crippen molar-refractivity contribution < 1.29 is 23.8 Å². The van der Waals surface area contributed by atoms with Gasteiger partial charge in [0.2, 0.25) is 5.13 Å². The molecule has 9 nitrogen and oxygen atoms in total. The van der Waals surface area contributed by atoms with Crippen LogP contribution in [0.4, 0.5) is 9.52 Å². The Morgan fingerprint density at radius 3 is 2.84 bits per heavy atom. The average molecular weight is 480 g/mol. The highest BCUT2D eigenvalue weighted by Crippen LogP contribution is 2.37. The minimum Gasteiger partial charge on any atom is -0.494 e. The zero-order chi connectivity index (χ0) is 22.8. The molecular weight excluding hydrogens is 461 g/mol. The van der Waals surface area contributed by atoms with Gasteiger partial charge in [-0.2, -0.15) is 0 Å². The molecule has 0 aromatic carbocycles. The molecule has 0 saturated heterocycles. The van der Waals surface area contributed by atoms with Gasteiger partial charge >= 0.3 is 0 Å². The third-order valence-electron chi connectivity index (χ3n) is 4.97. The molecule has 2 atom stereocenters. The van der Waals surface area contributed by atoms with E-state index in [9.17, 15) is 14.3 Å². The van der Waals surface area contributed by atoms with E-state index in [1.807, 2.05) is 0 Å². The lowest BCUT2D eigenvalue weighted by atomic mass is 10.00. The van der Waals surface area contributed by atoms with E-state index in [4.69, 9.17) is 21.1 Å². The molecule has 12 heteroatoms. The first kappa shape index (κ1) is 22.3. The number of aromatic nitrogens is 4. The summed E-state index contributed by atoms with van der Waals surface area (Å²) in [6.45, 7) is 1.71. The number of hydrogen-bond acceptors (Lipinski definition) is 9. The summed E-state index contributed by atoms with van der Waals surface area (Å²) in [5.41, 5.74) is 0.904. The molecule has 168 valence electrons. The lowest BCUT2D eigenvalue weighted by Crippen LogP contribution is -2.14. The Balaban J connectivity index is 1.60. The molecule has 0 spiro atoms. The summed E-state index contributed by atoms with van der Waals surface area (Å²) in [7, 11) is 1.37. The molecule has 1 fully saturated rings. The highest BCUT2D eigenvalue weighted by Gasteiger charge is 2.26. The maximum atomic E-state index is 14.9. The number of aliphatic hydroxyl groups is 1. The molecule has 3 heterocycles. The Hall–Kier alpha value is -2.89. The molecule has 32 heavy (non-hydrogen) atoms. The van der Waals surface area contributed by atoms with Crippen molar-refractivity contribution in [3.8, 4) is 22.1 Å². The fourth-order valence-corrected chi connectivity index (χ4v) is 4.24. The molecule has 0 aliphatic heterocycles. The standard InChI is InChI=1S/C20H19ClFN5O4S/c1-9-5-12(15-14(30-2)8-24-17(21)16(15)22)13(7-23-9)18(29)25-19-26-27-20(32-19)31-11-4-3-10(28)6-11/h5,7-8,10-11,28H,3-4,6H2,1-2H3,(H,25,26,29)/t10-,11+/m1/s1. The molecule has 0 unspecified atom stereocenters. The van der Waals surface area contributed by atoms with E-state index >= 15 is 0 Å². The Labute approximate surface area is 191 Å². The molecule has 1 amide bonds. The van der Waals surface area contributed by atoms with Crippen LogP contribution in [-0.2, 0) is 0 Å². The van der Waals surface area contributed by atoms with Crippen molar-refractivity contribution in [3.63, 3.8) is 0 Å². The Kier molecular flexibility index (Phi) is 6.49. The minimum absolute atomic E-state index is 0.00391. The number of aliphatic hydroxyl groups excluding tert-OH is 1. The van der Waals surface area contributed by atoms with Crippen LogP contribution in [0.15, 0.2) is 18.5 Å². The number of halogens is 2. The van der Waals surface area contributed by atoms with E-state index in [0.29, 0.717) is 18.5 Å². The third kappa shape index (κ3) is 4.64. The zero-order valence-corrected chi connectivity index (χ0v) is 18.7. The highest BCUT2D eigenvalue weighted by molar-refractivity contribution is 7.17. The first-order valence-electron chi connectivity index (χ1n) is 9.70. The molecule has 3 aromatic heterocycles. The van der Waals surface area contributed by atoms with Crippen molar-refractivity contribution in [2.24, 2.45) is 0 Å². The molecule has 4 rings (SSSR count). The molecule has 1 aliphatic rings. The number of nitrogens with one attached hydrogen (secondary N) is 1. The topological polar surface area (TPSA) is 119 Å². The van der Waals surface area contributed by atoms with Gasteiger partial charge < -0.3 is 14.6 Å². The number of rotatable bonds is 6. The summed E-state index contributed by atoms with van der Waals surface area (Å²) in [5, 5.41) is 20.3.